The number of para-hydroxylation sites is 1. The molecule has 0 fully saturated rings. The van der Waals surface area contributed by atoms with Crippen LogP contribution >= 0.6 is 0 Å². The molecular weight excluding hydrogens is 602 g/mol. The second-order valence-electron chi connectivity index (χ2n) is 11.9. The van der Waals surface area contributed by atoms with Gasteiger partial charge in [-0.05, 0) is 61.6 Å². The number of rotatable bonds is 14. The number of carbonyl (C=O) groups is 1. The molecule has 262 valence electrons. The Morgan fingerprint density at radius 3 is 1.91 bits per heavy atom. The van der Waals surface area contributed by atoms with Crippen LogP contribution in [0.15, 0.2) is 30.3 Å². The van der Waals surface area contributed by atoms with Gasteiger partial charge in [-0.3, -0.25) is 10.1 Å². The fraction of sp³-hybridized carbons (Fsp3) is 0.559. The van der Waals surface area contributed by atoms with Crippen molar-refractivity contribution < 1.29 is 24.7 Å². The highest BCUT2D eigenvalue weighted by Gasteiger charge is 2.15. The van der Waals surface area contributed by atoms with E-state index in [9.17, 15) is 4.79 Å². The minimum Gasteiger partial charge on any atom is -0.495 e. The van der Waals surface area contributed by atoms with Crippen LogP contribution in [0.4, 0.5) is 22.7 Å². The lowest BCUT2D eigenvalue weighted by molar-refractivity contribution is -0.445. The molecular formula is C34H55N7O6. The number of ether oxygens (including phenoxy) is 1. The lowest BCUT2D eigenvalue weighted by Crippen LogP contribution is -2.26. The molecule has 1 unspecified atom stereocenters. The maximum absolute atomic E-state index is 10.1. The molecule has 0 aliphatic carbocycles. The van der Waals surface area contributed by atoms with Gasteiger partial charge in [0.2, 0.25) is 0 Å². The maximum Gasteiger partial charge on any atom is 0.194 e. The number of hydrogen-bond donors (Lipinski definition) is 5. The number of aliphatic hydroxyl groups excluding tert-OH is 2. The van der Waals surface area contributed by atoms with Gasteiger partial charge in [0, 0.05) is 50.8 Å². The van der Waals surface area contributed by atoms with Crippen LogP contribution in [0, 0.1) is 44.1 Å². The highest BCUT2D eigenvalue weighted by molar-refractivity contribution is 5.77. The Morgan fingerprint density at radius 2 is 1.55 bits per heavy atom. The second-order valence-corrected chi connectivity index (χ2v) is 11.9. The number of nitrogens with two attached hydrogens (primary N) is 2. The lowest BCUT2D eigenvalue weighted by Gasteiger charge is -2.27. The number of methoxy groups -OCH3 is 1. The van der Waals surface area contributed by atoms with Gasteiger partial charge in [-0.15, -0.1) is 0 Å². The van der Waals surface area contributed by atoms with Crippen molar-refractivity contribution in [2.75, 3.05) is 69.2 Å². The lowest BCUT2D eigenvalue weighted by atomic mass is 9.84. The van der Waals surface area contributed by atoms with E-state index in [4.69, 9.17) is 47.1 Å². The van der Waals surface area contributed by atoms with Crippen LogP contribution in [-0.2, 0) is 4.79 Å². The molecule has 0 amide bonds. The van der Waals surface area contributed by atoms with Crippen molar-refractivity contribution in [3.05, 3.63) is 51.6 Å². The van der Waals surface area contributed by atoms with Gasteiger partial charge in [0.05, 0.1) is 41.0 Å². The summed E-state index contributed by atoms with van der Waals surface area (Å²) in [4.78, 5) is 20.6. The number of benzene rings is 2. The highest BCUT2D eigenvalue weighted by Crippen LogP contribution is 2.36. The van der Waals surface area contributed by atoms with E-state index in [-0.39, 0.29) is 18.9 Å². The van der Waals surface area contributed by atoms with E-state index < -0.39 is 4.92 Å². The first kappa shape index (κ1) is 44.5. The second kappa shape index (κ2) is 25.6. The van der Waals surface area contributed by atoms with E-state index in [1.165, 1.54) is 0 Å². The number of nitrogens with one attached hydrogen (secondary N) is 1. The third kappa shape index (κ3) is 20.9. The smallest absolute Gasteiger partial charge is 0.194 e. The zero-order valence-electron chi connectivity index (χ0n) is 29.1. The van der Waals surface area contributed by atoms with Gasteiger partial charge in [-0.25, -0.2) is 0 Å². The molecule has 2 aromatic rings. The number of anilines is 4. The normalized spacial score (nSPS) is 10.5. The molecule has 13 heteroatoms. The molecule has 0 spiro atoms. The number of nitriles is 2. The number of aliphatic hydroxyl groups is 2. The standard InChI is InChI=1S/C16H29N3O3.C9H18O.C8H5N3.CH3NO2/c1-18-14-12-15(16(22-2)11-13(14)17)19(7-3-5-9-20)8-4-6-10-21;1-8(5-6-10)7-9(2,3)4;9-4-6-2-1-3-7(5-10)8(6)11;1-2(3)4/h11-12,18,20-21H,3-10,17H2,1-2H3;6,8H,5,7H2,1-4H3;1-3H,11H2;1H3. The summed E-state index contributed by atoms with van der Waals surface area (Å²) in [5.74, 6) is 1.28. The topological polar surface area (TPSA) is 225 Å². The summed E-state index contributed by atoms with van der Waals surface area (Å²) in [6.45, 7) is 10.8. The average molecular weight is 658 g/mol. The van der Waals surface area contributed by atoms with Crippen molar-refractivity contribution in [3.8, 4) is 17.9 Å². The SMILES string of the molecule is CC(CC=O)CC(C)(C)C.CNc1cc(N(CCCCO)CCCCO)c(OC)cc1N.C[N+](=O)[O-].N#Cc1cccc(C#N)c1N. The van der Waals surface area contributed by atoms with E-state index >= 15 is 0 Å². The Labute approximate surface area is 280 Å². The van der Waals surface area contributed by atoms with Gasteiger partial charge in [0.15, 0.2) is 7.05 Å². The molecule has 1 atom stereocenters. The van der Waals surface area contributed by atoms with Crippen LogP contribution < -0.4 is 26.4 Å². The Balaban J connectivity index is 0. The molecule has 13 nitrogen and oxygen atoms in total. The predicted octanol–water partition coefficient (Wildman–Crippen LogP) is 5.22. The monoisotopic (exact) mass is 657 g/mol. The Kier molecular flexibility index (Phi) is 24.2. The molecule has 47 heavy (non-hydrogen) atoms. The quantitative estimate of drug-likeness (QED) is 0.0579. The minimum absolute atomic E-state index is 0.200. The van der Waals surface area contributed by atoms with Crippen molar-refractivity contribution in [1.82, 2.24) is 0 Å². The summed E-state index contributed by atoms with van der Waals surface area (Å²) in [5, 5.41) is 46.9. The summed E-state index contributed by atoms with van der Waals surface area (Å²) >= 11 is 0. The Hall–Kier alpha value is -4.59. The van der Waals surface area contributed by atoms with Crippen molar-refractivity contribution >= 4 is 29.0 Å². The summed E-state index contributed by atoms with van der Waals surface area (Å²) in [7, 11) is 4.36. The highest BCUT2D eigenvalue weighted by atomic mass is 16.6. The van der Waals surface area contributed by atoms with E-state index in [1.807, 2.05) is 31.3 Å². The van der Waals surface area contributed by atoms with Crippen LogP contribution in [0.2, 0.25) is 0 Å². The average Bonchev–Trinajstić information content (AvgIpc) is 3.00. The van der Waals surface area contributed by atoms with Gasteiger partial charge in [-0.1, -0.05) is 33.8 Å². The molecule has 0 aliphatic heterocycles. The van der Waals surface area contributed by atoms with Crippen LogP contribution in [0.3, 0.4) is 0 Å². The first-order valence-corrected chi connectivity index (χ1v) is 15.5. The zero-order valence-corrected chi connectivity index (χ0v) is 29.1. The van der Waals surface area contributed by atoms with Gasteiger partial charge in [0.25, 0.3) is 0 Å². The molecule has 0 saturated heterocycles. The summed E-state index contributed by atoms with van der Waals surface area (Å²) in [6.07, 6.45) is 6.19. The van der Waals surface area contributed by atoms with Gasteiger partial charge in [-0.2, -0.15) is 10.5 Å². The van der Waals surface area contributed by atoms with Gasteiger partial charge < -0.3 is 41.4 Å². The first-order valence-electron chi connectivity index (χ1n) is 15.5. The van der Waals surface area contributed by atoms with E-state index in [0.717, 1.165) is 75.7 Å². The Morgan fingerprint density at radius 1 is 1.06 bits per heavy atom. The molecule has 0 saturated carbocycles. The summed E-state index contributed by atoms with van der Waals surface area (Å²) in [6, 6.07) is 12.4. The fourth-order valence-electron chi connectivity index (χ4n) is 4.45. The van der Waals surface area contributed by atoms with Gasteiger partial charge in [0.1, 0.15) is 24.2 Å². The zero-order chi connectivity index (χ0) is 36.4. The Bertz CT molecular complexity index is 1220. The molecule has 0 aromatic heterocycles. The third-order valence-corrected chi connectivity index (χ3v) is 6.44. The number of hydrogen-bond acceptors (Lipinski definition) is 12. The number of aldehydes is 1. The van der Waals surface area contributed by atoms with E-state index in [0.29, 0.717) is 34.6 Å². The van der Waals surface area contributed by atoms with Crippen LogP contribution in [0.25, 0.3) is 0 Å². The number of nitro groups is 1. The molecule has 2 rings (SSSR count). The predicted molar refractivity (Wildman–Crippen MR) is 189 cm³/mol. The van der Waals surface area contributed by atoms with Crippen molar-refractivity contribution in [2.45, 2.75) is 66.2 Å². The molecule has 0 heterocycles. The molecule has 7 N–H and O–H groups in total. The first-order chi connectivity index (χ1) is 22.1. The molecule has 2 aromatic carbocycles. The molecule has 0 radical (unpaired) electrons. The summed E-state index contributed by atoms with van der Waals surface area (Å²) < 4.78 is 5.47. The van der Waals surface area contributed by atoms with Crippen molar-refractivity contribution in [3.63, 3.8) is 0 Å². The number of unbranched alkanes of at least 4 members (excludes halogenated alkanes) is 2. The van der Waals surface area contributed by atoms with Crippen LogP contribution in [0.1, 0.15) is 77.3 Å². The molecule has 0 bridgehead atoms. The number of nitrogen functional groups attached to an aromatic ring is 2. The van der Waals surface area contributed by atoms with Crippen molar-refractivity contribution in [2.24, 2.45) is 11.3 Å². The van der Waals surface area contributed by atoms with Crippen LogP contribution in [0.5, 0.6) is 5.75 Å². The summed E-state index contributed by atoms with van der Waals surface area (Å²) in [5.41, 5.74) is 15.3. The van der Waals surface area contributed by atoms with Crippen molar-refractivity contribution in [1.29, 1.82) is 10.5 Å². The van der Waals surface area contributed by atoms with Crippen LogP contribution in [-0.4, -0.2) is 68.9 Å². The van der Waals surface area contributed by atoms with E-state index in [1.54, 1.807) is 25.3 Å². The van der Waals surface area contributed by atoms with Gasteiger partial charge >= 0.3 is 0 Å². The largest absolute Gasteiger partial charge is 0.495 e. The van der Waals surface area contributed by atoms with E-state index in [2.05, 4.69) is 37.9 Å². The number of nitrogens with zero attached hydrogens (tertiary/aromatic N) is 4. The third-order valence-electron chi connectivity index (χ3n) is 6.44. The number of carbonyl (C=O) groups excluding carboxylic acids is 1. The molecule has 0 aliphatic rings. The minimum atomic E-state index is -0.500. The maximum atomic E-state index is 10.1. The fourth-order valence-corrected chi connectivity index (χ4v) is 4.45.